The fourth-order valence-electron chi connectivity index (χ4n) is 4.46. The lowest BCUT2D eigenvalue weighted by atomic mass is 10.0. The molecule has 3 aromatic carbocycles. The number of rotatable bonds is 15. The van der Waals surface area contributed by atoms with Gasteiger partial charge >= 0.3 is 11.9 Å². The molecule has 0 saturated carbocycles. The highest BCUT2D eigenvalue weighted by molar-refractivity contribution is 5.94. The third kappa shape index (κ3) is 8.23. The normalized spacial score (nSPS) is 11.2. The highest BCUT2D eigenvalue weighted by Gasteiger charge is 2.13. The average Bonchev–Trinajstić information content (AvgIpc) is 3.27. The molecular formula is C32H33NO6. The number of hydrogen-bond donors (Lipinski definition) is 2. The van der Waals surface area contributed by atoms with E-state index in [-0.39, 0.29) is 13.0 Å². The summed E-state index contributed by atoms with van der Waals surface area (Å²) in [5.41, 5.74) is 3.68. The van der Waals surface area contributed by atoms with E-state index in [4.69, 9.17) is 14.6 Å². The number of unbranched alkanes of at least 4 members (excludes halogenated alkanes) is 1. The molecule has 0 spiro atoms. The average molecular weight is 528 g/mol. The molecule has 4 aromatic rings. The van der Waals surface area contributed by atoms with Crippen molar-refractivity contribution < 1.29 is 29.3 Å². The summed E-state index contributed by atoms with van der Waals surface area (Å²) in [7, 11) is 0. The van der Waals surface area contributed by atoms with Crippen LogP contribution >= 0.6 is 0 Å². The Kier molecular flexibility index (Phi) is 9.78. The number of para-hydroxylation sites is 2. The lowest BCUT2D eigenvalue weighted by Gasteiger charge is -2.08. The van der Waals surface area contributed by atoms with Crippen LogP contribution in [0, 0.1) is 0 Å². The van der Waals surface area contributed by atoms with E-state index >= 15 is 0 Å². The van der Waals surface area contributed by atoms with E-state index < -0.39 is 11.9 Å². The second-order valence-electron chi connectivity index (χ2n) is 9.29. The van der Waals surface area contributed by atoms with Crippen LogP contribution in [0.1, 0.15) is 42.4 Å². The molecule has 4 rings (SSSR count). The van der Waals surface area contributed by atoms with Crippen molar-refractivity contribution in [1.29, 1.82) is 0 Å². The summed E-state index contributed by atoms with van der Waals surface area (Å²) in [6.45, 7) is 1.11. The molecule has 39 heavy (non-hydrogen) atoms. The standard InChI is InChI=1S/C32H33NO6/c34-30(35)13-7-9-26-22-33(23-31(36)37)32-25(8-6-12-29(26)32)17-14-24-15-18-28(19-16-24)39-21-5-4-20-38-27-10-2-1-3-11-27/h1-3,6,8,10-12,14-19,22H,4-5,7,9,13,20-21,23H2,(H,34,35)(H,36,37). The predicted molar refractivity (Wildman–Crippen MR) is 152 cm³/mol. The molecule has 1 heterocycles. The summed E-state index contributed by atoms with van der Waals surface area (Å²) < 4.78 is 13.3. The number of carbonyl (C=O) groups is 2. The van der Waals surface area contributed by atoms with E-state index in [0.717, 1.165) is 51.9 Å². The van der Waals surface area contributed by atoms with Crippen LogP contribution in [0.25, 0.3) is 23.1 Å². The van der Waals surface area contributed by atoms with Crippen molar-refractivity contribution in [3.05, 3.63) is 95.7 Å². The molecule has 0 radical (unpaired) electrons. The van der Waals surface area contributed by atoms with Gasteiger partial charge in [0.05, 0.1) is 18.7 Å². The molecule has 0 saturated heterocycles. The Hall–Kier alpha value is -4.52. The van der Waals surface area contributed by atoms with Gasteiger partial charge in [-0.15, -0.1) is 0 Å². The van der Waals surface area contributed by atoms with Gasteiger partial charge in [0, 0.05) is 18.0 Å². The number of aliphatic carboxylic acids is 2. The molecule has 0 aliphatic carbocycles. The number of hydrogen-bond acceptors (Lipinski definition) is 4. The molecule has 0 bridgehead atoms. The lowest BCUT2D eigenvalue weighted by molar-refractivity contribution is -0.138. The second kappa shape index (κ2) is 13.9. The smallest absolute Gasteiger partial charge is 0.323 e. The van der Waals surface area contributed by atoms with Gasteiger partial charge in [0.25, 0.3) is 0 Å². The van der Waals surface area contributed by atoms with Crippen molar-refractivity contribution in [3.63, 3.8) is 0 Å². The van der Waals surface area contributed by atoms with Gasteiger partial charge in [0.15, 0.2) is 0 Å². The zero-order valence-electron chi connectivity index (χ0n) is 21.8. The number of aromatic nitrogens is 1. The van der Waals surface area contributed by atoms with Crippen molar-refractivity contribution in [1.82, 2.24) is 4.57 Å². The van der Waals surface area contributed by atoms with E-state index in [1.807, 2.05) is 91.1 Å². The van der Waals surface area contributed by atoms with Crippen LogP contribution < -0.4 is 9.47 Å². The number of carboxylic acid groups (broad SMARTS) is 2. The van der Waals surface area contributed by atoms with Crippen molar-refractivity contribution in [2.45, 2.75) is 38.6 Å². The molecule has 202 valence electrons. The minimum absolute atomic E-state index is 0.0770. The molecule has 2 N–H and O–H groups in total. The quantitative estimate of drug-likeness (QED) is 0.135. The Morgan fingerprint density at radius 1 is 0.744 bits per heavy atom. The molecule has 0 atom stereocenters. The number of aryl methyl sites for hydroxylation is 1. The van der Waals surface area contributed by atoms with Gasteiger partial charge in [-0.3, -0.25) is 9.59 Å². The first-order valence-corrected chi connectivity index (χ1v) is 13.1. The van der Waals surface area contributed by atoms with Crippen LogP contribution in [0.3, 0.4) is 0 Å². The maximum Gasteiger partial charge on any atom is 0.323 e. The van der Waals surface area contributed by atoms with Crippen molar-refractivity contribution in [2.24, 2.45) is 0 Å². The largest absolute Gasteiger partial charge is 0.494 e. The minimum atomic E-state index is -0.929. The Morgan fingerprint density at radius 3 is 2.10 bits per heavy atom. The van der Waals surface area contributed by atoms with Crippen LogP contribution in [0.15, 0.2) is 79.0 Å². The van der Waals surface area contributed by atoms with Gasteiger partial charge in [0.2, 0.25) is 0 Å². The van der Waals surface area contributed by atoms with E-state index in [1.165, 1.54) is 0 Å². The summed E-state index contributed by atoms with van der Waals surface area (Å²) in [6, 6.07) is 23.5. The Bertz CT molecular complexity index is 1410. The fourth-order valence-corrected chi connectivity index (χ4v) is 4.46. The minimum Gasteiger partial charge on any atom is -0.494 e. The van der Waals surface area contributed by atoms with Crippen molar-refractivity contribution in [3.8, 4) is 11.5 Å². The number of carboxylic acids is 2. The molecule has 0 aliphatic heterocycles. The molecule has 1 aromatic heterocycles. The third-order valence-electron chi connectivity index (χ3n) is 6.31. The summed E-state index contributed by atoms with van der Waals surface area (Å²) in [5.74, 6) is -0.0797. The molecule has 0 aliphatic rings. The maximum atomic E-state index is 11.5. The van der Waals surface area contributed by atoms with E-state index in [2.05, 4.69) is 0 Å². The maximum absolute atomic E-state index is 11.5. The van der Waals surface area contributed by atoms with E-state index in [0.29, 0.717) is 26.1 Å². The molecule has 0 unspecified atom stereocenters. The first kappa shape index (κ1) is 27.5. The van der Waals surface area contributed by atoms with Gasteiger partial charge in [-0.1, -0.05) is 60.7 Å². The zero-order valence-corrected chi connectivity index (χ0v) is 21.8. The number of nitrogens with zero attached hydrogens (tertiary/aromatic N) is 1. The second-order valence-corrected chi connectivity index (χ2v) is 9.29. The Labute approximate surface area is 227 Å². The highest BCUT2D eigenvalue weighted by atomic mass is 16.5. The highest BCUT2D eigenvalue weighted by Crippen LogP contribution is 2.28. The summed E-state index contributed by atoms with van der Waals surface area (Å²) in [4.78, 5) is 22.4. The summed E-state index contributed by atoms with van der Waals surface area (Å²) in [5, 5.41) is 19.3. The number of fused-ring (bicyclic) bond motifs is 1. The van der Waals surface area contributed by atoms with Crippen LogP contribution in [0.5, 0.6) is 11.5 Å². The van der Waals surface area contributed by atoms with Gasteiger partial charge in [-0.25, -0.2) is 0 Å². The molecule has 7 heteroatoms. The molecule has 7 nitrogen and oxygen atoms in total. The van der Waals surface area contributed by atoms with Crippen LogP contribution in [-0.2, 0) is 22.6 Å². The van der Waals surface area contributed by atoms with Gasteiger partial charge in [-0.05, 0) is 66.6 Å². The molecule has 0 amide bonds. The topological polar surface area (TPSA) is 98.0 Å². The molecule has 0 fully saturated rings. The first-order chi connectivity index (χ1) is 19.0. The first-order valence-electron chi connectivity index (χ1n) is 13.1. The fraction of sp³-hybridized carbons (Fsp3) is 0.250. The lowest BCUT2D eigenvalue weighted by Crippen LogP contribution is -2.07. The van der Waals surface area contributed by atoms with Crippen LogP contribution in [-0.4, -0.2) is 39.9 Å². The third-order valence-corrected chi connectivity index (χ3v) is 6.31. The Morgan fingerprint density at radius 2 is 1.44 bits per heavy atom. The van der Waals surface area contributed by atoms with Gasteiger partial charge in [-0.2, -0.15) is 0 Å². The van der Waals surface area contributed by atoms with E-state index in [9.17, 15) is 14.7 Å². The summed E-state index contributed by atoms with van der Waals surface area (Å²) in [6.07, 6.45) is 8.75. The van der Waals surface area contributed by atoms with Crippen LogP contribution in [0.4, 0.5) is 0 Å². The summed E-state index contributed by atoms with van der Waals surface area (Å²) >= 11 is 0. The number of benzene rings is 3. The SMILES string of the molecule is O=C(O)CCCc1cn(CC(=O)O)c2c(C=Cc3ccc(OCCCCOc4ccccc4)cc3)cccc12. The predicted octanol–water partition coefficient (Wildman–Crippen LogP) is 6.54. The van der Waals surface area contributed by atoms with Gasteiger partial charge in [0.1, 0.15) is 18.0 Å². The monoisotopic (exact) mass is 527 g/mol. The Balaban J connectivity index is 1.36. The van der Waals surface area contributed by atoms with E-state index in [1.54, 1.807) is 4.57 Å². The van der Waals surface area contributed by atoms with Crippen molar-refractivity contribution in [2.75, 3.05) is 13.2 Å². The zero-order chi connectivity index (χ0) is 27.5. The molecular weight excluding hydrogens is 494 g/mol. The van der Waals surface area contributed by atoms with Crippen molar-refractivity contribution >= 4 is 35.0 Å². The van der Waals surface area contributed by atoms with Crippen LogP contribution in [0.2, 0.25) is 0 Å². The van der Waals surface area contributed by atoms with Gasteiger partial charge < -0.3 is 24.3 Å². The number of ether oxygens (including phenoxy) is 2.